The molecule has 1 heterocycles. The monoisotopic (exact) mass is 268 g/mol. The first kappa shape index (κ1) is 15.1. The van der Waals surface area contributed by atoms with Crippen LogP contribution in [0.25, 0.3) is 0 Å². The molecule has 0 saturated carbocycles. The minimum absolute atomic E-state index is 0.167. The third-order valence-corrected chi connectivity index (χ3v) is 2.47. The summed E-state index contributed by atoms with van der Waals surface area (Å²) in [7, 11) is 0. The van der Waals surface area contributed by atoms with Crippen LogP contribution in [0.5, 0.6) is 0 Å². The van der Waals surface area contributed by atoms with Crippen molar-refractivity contribution in [3.8, 4) is 0 Å². The molecule has 1 aliphatic heterocycles. The maximum Gasteiger partial charge on any atom is 0.322 e. The Balaban J connectivity index is 0.000000399. The predicted molar refractivity (Wildman–Crippen MR) is 67.8 cm³/mol. The average molecular weight is 268 g/mol. The van der Waals surface area contributed by atoms with Crippen LogP contribution in [0.1, 0.15) is 26.3 Å². The third-order valence-electron chi connectivity index (χ3n) is 2.47. The van der Waals surface area contributed by atoms with Crippen molar-refractivity contribution in [1.29, 1.82) is 0 Å². The number of carbonyl (C=O) groups is 2. The van der Waals surface area contributed by atoms with Gasteiger partial charge in [0.1, 0.15) is 11.4 Å². The number of nitrogens with one attached hydrogen (secondary N) is 2. The Bertz CT molecular complexity index is 471. The lowest BCUT2D eigenvalue weighted by Crippen LogP contribution is -2.40. The van der Waals surface area contributed by atoms with E-state index in [9.17, 15) is 14.0 Å². The smallest absolute Gasteiger partial charge is 0.322 e. The average Bonchev–Trinajstić information content (AvgIpc) is 2.53. The predicted octanol–water partition coefficient (Wildman–Crippen LogP) is 1.27. The molecule has 0 spiro atoms. The molecule has 0 aromatic heterocycles. The van der Waals surface area contributed by atoms with Gasteiger partial charge in [-0.25, -0.2) is 9.18 Å². The van der Waals surface area contributed by atoms with Crippen molar-refractivity contribution < 1.29 is 19.1 Å². The molecule has 0 radical (unpaired) electrons. The summed E-state index contributed by atoms with van der Waals surface area (Å²) >= 11 is 0. The zero-order chi connectivity index (χ0) is 14.6. The van der Waals surface area contributed by atoms with Crippen LogP contribution in [-0.2, 0) is 10.3 Å². The fourth-order valence-corrected chi connectivity index (χ4v) is 1.53. The summed E-state index contributed by atoms with van der Waals surface area (Å²) in [5.41, 5.74) is -0.558. The molecule has 1 aliphatic rings. The minimum Gasteiger partial charge on any atom is -0.394 e. The standard InChI is InChI=1S/C10H9FN2O2.C3H8O/c1-10(8(14)12-9(15)13-10)6-2-4-7(11)5-3-6;1-3(2)4/h2-5H,1H3,(H2,12,13,14,15);3-4H,1-2H3. The molecule has 1 aromatic rings. The van der Waals surface area contributed by atoms with Crippen molar-refractivity contribution in [3.05, 3.63) is 35.6 Å². The lowest BCUT2D eigenvalue weighted by Gasteiger charge is -2.20. The SMILES string of the molecule is CC(C)O.CC1(c2ccc(F)cc2)NC(=O)NC1=O. The summed E-state index contributed by atoms with van der Waals surface area (Å²) in [6.07, 6.45) is -0.167. The fourth-order valence-electron chi connectivity index (χ4n) is 1.53. The highest BCUT2D eigenvalue weighted by atomic mass is 19.1. The molecular formula is C13H17FN2O3. The maximum atomic E-state index is 12.7. The fraction of sp³-hybridized carbons (Fsp3) is 0.385. The Morgan fingerprint density at radius 2 is 1.68 bits per heavy atom. The van der Waals surface area contributed by atoms with Gasteiger partial charge in [0.15, 0.2) is 0 Å². The highest BCUT2D eigenvalue weighted by Gasteiger charge is 2.43. The van der Waals surface area contributed by atoms with E-state index in [1.807, 2.05) is 0 Å². The number of benzene rings is 1. The first-order valence-corrected chi connectivity index (χ1v) is 5.83. The first-order valence-electron chi connectivity index (χ1n) is 5.83. The van der Waals surface area contributed by atoms with Crippen LogP contribution in [0.3, 0.4) is 0 Å². The van der Waals surface area contributed by atoms with Gasteiger partial charge in [-0.05, 0) is 38.5 Å². The maximum absolute atomic E-state index is 12.7. The second-order valence-corrected chi connectivity index (χ2v) is 4.63. The van der Waals surface area contributed by atoms with Gasteiger partial charge in [-0.2, -0.15) is 0 Å². The number of halogens is 1. The van der Waals surface area contributed by atoms with E-state index in [2.05, 4.69) is 10.6 Å². The Morgan fingerprint density at radius 3 is 2.05 bits per heavy atom. The summed E-state index contributed by atoms with van der Waals surface area (Å²) in [5, 5.41) is 12.7. The highest BCUT2D eigenvalue weighted by molar-refractivity contribution is 6.07. The van der Waals surface area contributed by atoms with Crippen LogP contribution in [-0.4, -0.2) is 23.1 Å². The minimum atomic E-state index is -1.11. The molecule has 1 atom stereocenters. The van der Waals surface area contributed by atoms with E-state index in [0.29, 0.717) is 5.56 Å². The molecular weight excluding hydrogens is 251 g/mol. The number of amides is 3. The molecule has 6 heteroatoms. The van der Waals surface area contributed by atoms with E-state index >= 15 is 0 Å². The van der Waals surface area contributed by atoms with Gasteiger partial charge in [0, 0.05) is 6.10 Å². The van der Waals surface area contributed by atoms with E-state index < -0.39 is 17.5 Å². The van der Waals surface area contributed by atoms with Gasteiger partial charge in [0.05, 0.1) is 0 Å². The van der Waals surface area contributed by atoms with Crippen LogP contribution in [0.15, 0.2) is 24.3 Å². The lowest BCUT2D eigenvalue weighted by atomic mass is 9.92. The van der Waals surface area contributed by atoms with Gasteiger partial charge in [-0.3, -0.25) is 10.1 Å². The van der Waals surface area contributed by atoms with Crippen molar-refractivity contribution in [1.82, 2.24) is 10.6 Å². The number of hydrogen-bond donors (Lipinski definition) is 3. The van der Waals surface area contributed by atoms with Crippen molar-refractivity contribution >= 4 is 11.9 Å². The number of carbonyl (C=O) groups excluding carboxylic acids is 2. The van der Waals surface area contributed by atoms with Crippen molar-refractivity contribution in [2.75, 3.05) is 0 Å². The molecule has 5 nitrogen and oxygen atoms in total. The normalized spacial score (nSPS) is 21.6. The summed E-state index contributed by atoms with van der Waals surface area (Å²) in [5.74, 6) is -0.814. The Labute approximate surface area is 110 Å². The van der Waals surface area contributed by atoms with E-state index in [1.54, 1.807) is 20.8 Å². The van der Waals surface area contributed by atoms with Crippen LogP contribution >= 0.6 is 0 Å². The molecule has 2 rings (SSSR count). The number of urea groups is 1. The van der Waals surface area contributed by atoms with Gasteiger partial charge in [-0.15, -0.1) is 0 Å². The Kier molecular flexibility index (Phi) is 4.61. The zero-order valence-electron chi connectivity index (χ0n) is 11.0. The quantitative estimate of drug-likeness (QED) is 0.671. The number of imide groups is 1. The molecule has 3 amide bonds. The van der Waals surface area contributed by atoms with Gasteiger partial charge in [0.2, 0.25) is 0 Å². The molecule has 1 saturated heterocycles. The summed E-state index contributed by atoms with van der Waals surface area (Å²) < 4.78 is 12.7. The van der Waals surface area contributed by atoms with Crippen LogP contribution in [0.4, 0.5) is 9.18 Å². The Morgan fingerprint density at radius 1 is 1.21 bits per heavy atom. The van der Waals surface area contributed by atoms with E-state index in [-0.39, 0.29) is 11.9 Å². The van der Waals surface area contributed by atoms with Gasteiger partial charge in [0.25, 0.3) is 5.91 Å². The molecule has 1 aromatic carbocycles. The van der Waals surface area contributed by atoms with E-state index in [1.165, 1.54) is 24.3 Å². The molecule has 0 aliphatic carbocycles. The zero-order valence-corrected chi connectivity index (χ0v) is 11.0. The summed E-state index contributed by atoms with van der Waals surface area (Å²) in [6.45, 7) is 5.01. The largest absolute Gasteiger partial charge is 0.394 e. The molecule has 3 N–H and O–H groups in total. The lowest BCUT2D eigenvalue weighted by molar-refractivity contribution is -0.123. The summed E-state index contributed by atoms with van der Waals surface area (Å²) in [6, 6.07) is 4.91. The molecule has 104 valence electrons. The number of aliphatic hydroxyl groups excluding tert-OH is 1. The molecule has 1 unspecified atom stereocenters. The summed E-state index contributed by atoms with van der Waals surface area (Å²) in [4.78, 5) is 22.5. The van der Waals surface area contributed by atoms with Gasteiger partial charge >= 0.3 is 6.03 Å². The number of aliphatic hydroxyl groups is 1. The van der Waals surface area contributed by atoms with Gasteiger partial charge in [-0.1, -0.05) is 12.1 Å². The van der Waals surface area contributed by atoms with Crippen LogP contribution in [0, 0.1) is 5.82 Å². The van der Waals surface area contributed by atoms with Gasteiger partial charge < -0.3 is 10.4 Å². The van der Waals surface area contributed by atoms with E-state index in [0.717, 1.165) is 0 Å². The second-order valence-electron chi connectivity index (χ2n) is 4.63. The Hall–Kier alpha value is -1.95. The third kappa shape index (κ3) is 3.75. The second kappa shape index (κ2) is 5.79. The molecule has 19 heavy (non-hydrogen) atoms. The van der Waals surface area contributed by atoms with Crippen LogP contribution < -0.4 is 10.6 Å². The van der Waals surface area contributed by atoms with Crippen molar-refractivity contribution in [3.63, 3.8) is 0 Å². The van der Waals surface area contributed by atoms with Crippen molar-refractivity contribution in [2.24, 2.45) is 0 Å². The molecule has 1 fully saturated rings. The first-order chi connectivity index (χ1) is 8.75. The highest BCUT2D eigenvalue weighted by Crippen LogP contribution is 2.24. The van der Waals surface area contributed by atoms with Crippen molar-refractivity contribution in [2.45, 2.75) is 32.4 Å². The number of rotatable bonds is 1. The molecule has 0 bridgehead atoms. The van der Waals surface area contributed by atoms with Crippen LogP contribution in [0.2, 0.25) is 0 Å². The number of hydrogen-bond acceptors (Lipinski definition) is 3. The topological polar surface area (TPSA) is 78.4 Å². The van der Waals surface area contributed by atoms with E-state index in [4.69, 9.17) is 5.11 Å².